The van der Waals surface area contributed by atoms with Crippen molar-refractivity contribution in [2.24, 2.45) is 22.1 Å². The molecule has 2 bridgehead atoms. The number of halogens is 1. The van der Waals surface area contributed by atoms with Crippen LogP contribution in [0.3, 0.4) is 0 Å². The molecule has 49 heavy (non-hydrogen) atoms. The summed E-state index contributed by atoms with van der Waals surface area (Å²) in [6, 6.07) is 10.8. The number of anilines is 1. The van der Waals surface area contributed by atoms with Crippen molar-refractivity contribution in [1.82, 2.24) is 10.0 Å². The van der Waals surface area contributed by atoms with Crippen LogP contribution in [0.1, 0.15) is 66.9 Å². The molecule has 0 aromatic heterocycles. The van der Waals surface area contributed by atoms with Crippen molar-refractivity contribution in [3.8, 4) is 5.75 Å². The van der Waals surface area contributed by atoms with Crippen LogP contribution in [0.5, 0.6) is 5.75 Å². The summed E-state index contributed by atoms with van der Waals surface area (Å²) in [7, 11) is -0.129. The molecule has 10 nitrogen and oxygen atoms in total. The zero-order valence-electron chi connectivity index (χ0n) is 28.5. The number of carbonyl (C=O) groups excluding carboxylic acids is 2. The average molecular weight is 711 g/mol. The minimum absolute atomic E-state index is 0.0185. The summed E-state index contributed by atoms with van der Waals surface area (Å²) in [6.07, 6.45) is 10.5. The number of carbonyl (C=O) groups is 2. The molecular weight excluding hydrogens is 664 g/mol. The Hall–Kier alpha value is -3.12. The Balaban J connectivity index is 1.27. The fourth-order valence-corrected chi connectivity index (χ4v) is 10.3. The number of nitrogens with one attached hydrogen (secondary N) is 2. The van der Waals surface area contributed by atoms with Crippen molar-refractivity contribution in [3.05, 3.63) is 70.3 Å². The molecule has 8 atom stereocenters. The third kappa shape index (κ3) is 7.22. The maximum Gasteiger partial charge on any atom is 0.327 e. The van der Waals surface area contributed by atoms with Crippen molar-refractivity contribution in [3.63, 3.8) is 0 Å². The van der Waals surface area contributed by atoms with E-state index in [2.05, 4.69) is 43.6 Å². The predicted octanol–water partition coefficient (Wildman–Crippen LogP) is 6.06. The zero-order valence-corrected chi connectivity index (χ0v) is 30.1. The maximum atomic E-state index is 14.3. The standard InChI is InChI=1S/C37H47ClN4O6S/c1-23-6-4-8-32(46-2)28-12-9-26(28)19-42-21-37(15-5-7-24-16-27(38)11-13-29(24)37)22-48-33-14-10-25(17-31(33)42)35(43)40-49(45,20-23)41-36(44)39-30-18-34(30)47-3/h4,8,10-11,13-14,16-17,23,26,28,30,32,34H,5-7,9,12,15,18-22H2,1-3H3,(H2,39,40,41,43,44,45)/b8-4+/t23-,26-,28+,30+,32-,34+,37-,49?/m0/s1. The monoisotopic (exact) mass is 710 g/mol. The van der Waals surface area contributed by atoms with Gasteiger partial charge in [0.25, 0.3) is 5.91 Å². The Kier molecular flexibility index (Phi) is 9.73. The van der Waals surface area contributed by atoms with E-state index >= 15 is 0 Å². The van der Waals surface area contributed by atoms with Gasteiger partial charge in [-0.15, -0.1) is 4.36 Å². The molecule has 2 fully saturated rings. The van der Waals surface area contributed by atoms with Crippen LogP contribution < -0.4 is 19.7 Å². The first-order chi connectivity index (χ1) is 23.6. The van der Waals surface area contributed by atoms with Gasteiger partial charge in [-0.3, -0.25) is 9.52 Å². The van der Waals surface area contributed by atoms with Gasteiger partial charge in [-0.2, -0.15) is 0 Å². The molecule has 3 amide bonds. The smallest absolute Gasteiger partial charge is 0.327 e. The lowest BCUT2D eigenvalue weighted by Gasteiger charge is -2.46. The minimum Gasteiger partial charge on any atom is -0.490 e. The second kappa shape index (κ2) is 13.9. The first kappa shape index (κ1) is 34.3. The van der Waals surface area contributed by atoms with Crippen LogP contribution >= 0.6 is 11.6 Å². The number of benzene rings is 2. The van der Waals surface area contributed by atoms with Crippen LogP contribution in [0.4, 0.5) is 10.5 Å². The van der Waals surface area contributed by atoms with Gasteiger partial charge in [0.2, 0.25) is 0 Å². The van der Waals surface area contributed by atoms with E-state index in [1.807, 2.05) is 25.1 Å². The van der Waals surface area contributed by atoms with Gasteiger partial charge in [0.05, 0.1) is 36.3 Å². The highest BCUT2D eigenvalue weighted by Crippen LogP contribution is 2.47. The van der Waals surface area contributed by atoms with Crippen molar-refractivity contribution in [1.29, 1.82) is 0 Å². The number of ether oxygens (including phenoxy) is 3. The first-order valence-electron chi connectivity index (χ1n) is 17.5. The molecule has 264 valence electrons. The molecule has 1 unspecified atom stereocenters. The normalized spacial score (nSPS) is 34.6. The van der Waals surface area contributed by atoms with E-state index in [0.717, 1.165) is 55.9 Å². The van der Waals surface area contributed by atoms with Crippen molar-refractivity contribution in [2.45, 2.75) is 75.5 Å². The van der Waals surface area contributed by atoms with E-state index in [4.69, 9.17) is 25.8 Å². The predicted molar refractivity (Wildman–Crippen MR) is 191 cm³/mol. The van der Waals surface area contributed by atoms with E-state index in [9.17, 15) is 13.8 Å². The summed E-state index contributed by atoms with van der Waals surface area (Å²) in [5.74, 6) is 0.700. The number of allylic oxidation sites excluding steroid dienone is 1. The molecule has 12 heteroatoms. The molecule has 5 aliphatic rings. The highest BCUT2D eigenvalue weighted by atomic mass is 35.5. The number of aryl methyl sites for hydroxylation is 1. The molecule has 3 aliphatic carbocycles. The molecule has 7 rings (SSSR count). The van der Waals surface area contributed by atoms with Crippen LogP contribution in [-0.2, 0) is 31.2 Å². The highest BCUT2D eigenvalue weighted by Gasteiger charge is 2.44. The summed E-state index contributed by atoms with van der Waals surface area (Å²) in [5, 5.41) is 3.54. The summed E-state index contributed by atoms with van der Waals surface area (Å²) < 4.78 is 39.1. The highest BCUT2D eigenvalue weighted by molar-refractivity contribution is 7.92. The third-order valence-electron chi connectivity index (χ3n) is 11.1. The minimum atomic E-state index is -3.48. The molecular formula is C37H47ClN4O6S. The molecule has 2 aromatic rings. The van der Waals surface area contributed by atoms with Crippen LogP contribution in [-0.4, -0.2) is 74.1 Å². The van der Waals surface area contributed by atoms with Gasteiger partial charge in [-0.1, -0.05) is 36.7 Å². The molecule has 2 aliphatic heterocycles. The summed E-state index contributed by atoms with van der Waals surface area (Å²) in [6.45, 7) is 3.97. The average Bonchev–Trinajstić information content (AvgIpc) is 3.83. The van der Waals surface area contributed by atoms with Gasteiger partial charge in [0.1, 0.15) is 15.7 Å². The van der Waals surface area contributed by atoms with E-state index in [0.29, 0.717) is 42.6 Å². The number of amides is 3. The molecule has 2 saturated carbocycles. The molecule has 0 saturated heterocycles. The van der Waals surface area contributed by atoms with Gasteiger partial charge in [0.15, 0.2) is 0 Å². The maximum absolute atomic E-state index is 14.3. The lowest BCUT2D eigenvalue weighted by atomic mass is 9.68. The van der Waals surface area contributed by atoms with Gasteiger partial charge in [0, 0.05) is 43.3 Å². The number of hydrogen-bond acceptors (Lipinski definition) is 7. The Bertz CT molecular complexity index is 1760. The van der Waals surface area contributed by atoms with E-state index in [-0.39, 0.29) is 35.3 Å². The number of urea groups is 1. The SMILES string of the molecule is CO[C@H]1/C=C/C[C@H](C)CS(=O)(NC(=O)N[C@@H]2C[C@H]2OC)=NC(=O)c2ccc3c(c2)N(C[C@@H]2CC[C@H]21)C[C@@]1(CCCc2cc(Cl)ccc21)CO3. The third-order valence-corrected chi connectivity index (χ3v) is 13.3. The summed E-state index contributed by atoms with van der Waals surface area (Å²) in [5.41, 5.74) is 3.42. The molecule has 2 heterocycles. The number of methoxy groups -OCH3 is 2. The van der Waals surface area contributed by atoms with Crippen LogP contribution in [0.2, 0.25) is 5.02 Å². The van der Waals surface area contributed by atoms with Gasteiger partial charge in [-0.25, -0.2) is 9.00 Å². The van der Waals surface area contributed by atoms with E-state index in [1.165, 1.54) is 11.1 Å². The second-order valence-corrected chi connectivity index (χ2v) is 17.1. The first-order valence-corrected chi connectivity index (χ1v) is 19.6. The topological polar surface area (TPSA) is 119 Å². The fraction of sp³-hybridized carbons (Fsp3) is 0.568. The summed E-state index contributed by atoms with van der Waals surface area (Å²) >= 11 is 6.45. The molecule has 2 N–H and O–H groups in total. The largest absolute Gasteiger partial charge is 0.490 e. The fourth-order valence-electron chi connectivity index (χ4n) is 8.29. The number of rotatable bonds is 4. The van der Waals surface area contributed by atoms with Gasteiger partial charge >= 0.3 is 6.03 Å². The Morgan fingerprint density at radius 2 is 2.02 bits per heavy atom. The molecule has 0 radical (unpaired) electrons. The lowest BCUT2D eigenvalue weighted by Crippen LogP contribution is -2.49. The molecule has 2 aromatic carbocycles. The van der Waals surface area contributed by atoms with Crippen molar-refractivity contribution >= 4 is 39.1 Å². The lowest BCUT2D eigenvalue weighted by molar-refractivity contribution is 0.0131. The van der Waals surface area contributed by atoms with Gasteiger partial charge in [-0.05, 0) is 104 Å². The van der Waals surface area contributed by atoms with Gasteiger partial charge < -0.3 is 24.4 Å². The Morgan fingerprint density at radius 1 is 1.16 bits per heavy atom. The van der Waals surface area contributed by atoms with Crippen LogP contribution in [0.25, 0.3) is 0 Å². The number of fused-ring (bicyclic) bond motifs is 4. The Labute approximate surface area is 294 Å². The Morgan fingerprint density at radius 3 is 2.78 bits per heavy atom. The zero-order chi connectivity index (χ0) is 34.3. The van der Waals surface area contributed by atoms with E-state index in [1.54, 1.807) is 20.3 Å². The number of hydrogen-bond donors (Lipinski definition) is 2. The number of nitrogens with zero attached hydrogens (tertiary/aromatic N) is 2. The van der Waals surface area contributed by atoms with Crippen LogP contribution in [0.15, 0.2) is 52.9 Å². The van der Waals surface area contributed by atoms with Crippen molar-refractivity contribution in [2.75, 3.05) is 44.6 Å². The van der Waals surface area contributed by atoms with Crippen LogP contribution in [0, 0.1) is 17.8 Å². The molecule has 1 spiro atoms. The second-order valence-electron chi connectivity index (χ2n) is 14.7. The summed E-state index contributed by atoms with van der Waals surface area (Å²) in [4.78, 5) is 29.2. The quantitative estimate of drug-likeness (QED) is 0.371. The van der Waals surface area contributed by atoms with E-state index < -0.39 is 21.9 Å². The van der Waals surface area contributed by atoms with Crippen molar-refractivity contribution < 1.29 is 28.0 Å².